The first-order valence-corrected chi connectivity index (χ1v) is 8.65. The summed E-state index contributed by atoms with van der Waals surface area (Å²) in [6.07, 6.45) is -1.00. The van der Waals surface area contributed by atoms with Crippen LogP contribution in [0.5, 0.6) is 5.75 Å². The van der Waals surface area contributed by atoms with Crippen molar-refractivity contribution >= 4 is 34.9 Å². The third-order valence-corrected chi connectivity index (χ3v) is 4.23. The van der Waals surface area contributed by atoms with Crippen LogP contribution in [-0.2, 0) is 14.3 Å². The third kappa shape index (κ3) is 5.82. The van der Waals surface area contributed by atoms with E-state index in [2.05, 4.69) is 5.32 Å². The van der Waals surface area contributed by atoms with Crippen molar-refractivity contribution in [3.8, 4) is 5.75 Å². The predicted octanol–water partition coefficient (Wildman–Crippen LogP) is 3.80. The Morgan fingerprint density at radius 1 is 1.11 bits per heavy atom. The summed E-state index contributed by atoms with van der Waals surface area (Å²) in [6, 6.07) is 11.5. The summed E-state index contributed by atoms with van der Waals surface area (Å²) in [4.78, 5) is 35.3. The van der Waals surface area contributed by atoms with Gasteiger partial charge in [0.25, 0.3) is 5.91 Å². The van der Waals surface area contributed by atoms with Crippen LogP contribution in [0.3, 0.4) is 0 Å². The minimum Gasteiger partial charge on any atom is -0.482 e. The van der Waals surface area contributed by atoms with Crippen LogP contribution in [0.4, 0.5) is 5.69 Å². The topological polar surface area (TPSA) is 81.7 Å². The molecule has 0 aliphatic heterocycles. The molecule has 0 saturated heterocycles. The van der Waals surface area contributed by atoms with Crippen LogP contribution < -0.4 is 10.1 Å². The SMILES string of the molecule is CC(=O)c1ccc(OCC(=O)O[C@H](C)C(=O)Nc2cccc(Cl)c2C)cc1. The van der Waals surface area contributed by atoms with Crippen LogP contribution in [0, 0.1) is 6.92 Å². The molecule has 0 bridgehead atoms. The fourth-order valence-corrected chi connectivity index (χ4v) is 2.36. The number of nitrogens with one attached hydrogen (secondary N) is 1. The minimum absolute atomic E-state index is 0.0595. The molecule has 0 saturated carbocycles. The molecule has 27 heavy (non-hydrogen) atoms. The molecule has 0 aromatic heterocycles. The quantitative estimate of drug-likeness (QED) is 0.575. The van der Waals surface area contributed by atoms with Gasteiger partial charge in [0, 0.05) is 16.3 Å². The summed E-state index contributed by atoms with van der Waals surface area (Å²) in [5.74, 6) is -0.796. The fraction of sp³-hybridized carbons (Fsp3) is 0.250. The Balaban J connectivity index is 1.84. The lowest BCUT2D eigenvalue weighted by Gasteiger charge is -2.15. The summed E-state index contributed by atoms with van der Waals surface area (Å²) in [5, 5.41) is 3.20. The summed E-state index contributed by atoms with van der Waals surface area (Å²) in [7, 11) is 0. The van der Waals surface area contributed by atoms with Gasteiger partial charge in [0.2, 0.25) is 0 Å². The maximum Gasteiger partial charge on any atom is 0.344 e. The van der Waals surface area contributed by atoms with E-state index in [4.69, 9.17) is 21.1 Å². The number of carbonyl (C=O) groups is 3. The largest absolute Gasteiger partial charge is 0.482 e. The molecule has 0 fully saturated rings. The number of anilines is 1. The first-order valence-electron chi connectivity index (χ1n) is 8.27. The number of ether oxygens (including phenoxy) is 2. The van der Waals surface area contributed by atoms with Gasteiger partial charge >= 0.3 is 5.97 Å². The van der Waals surface area contributed by atoms with E-state index in [1.165, 1.54) is 13.8 Å². The highest BCUT2D eigenvalue weighted by Crippen LogP contribution is 2.23. The number of rotatable bonds is 7. The monoisotopic (exact) mass is 389 g/mol. The van der Waals surface area contributed by atoms with Crippen LogP contribution in [0.25, 0.3) is 0 Å². The molecule has 0 aliphatic carbocycles. The molecule has 2 rings (SSSR count). The van der Waals surface area contributed by atoms with E-state index < -0.39 is 18.0 Å². The van der Waals surface area contributed by atoms with Gasteiger partial charge in [0.05, 0.1) is 0 Å². The highest BCUT2D eigenvalue weighted by molar-refractivity contribution is 6.31. The second-order valence-corrected chi connectivity index (χ2v) is 6.31. The Morgan fingerprint density at radius 3 is 2.41 bits per heavy atom. The fourth-order valence-electron chi connectivity index (χ4n) is 2.19. The Kier molecular flexibility index (Phi) is 6.96. The molecule has 1 N–H and O–H groups in total. The molecule has 0 spiro atoms. The van der Waals surface area contributed by atoms with Crippen LogP contribution in [-0.4, -0.2) is 30.4 Å². The van der Waals surface area contributed by atoms with E-state index in [1.54, 1.807) is 49.4 Å². The number of esters is 1. The zero-order valence-electron chi connectivity index (χ0n) is 15.2. The summed E-state index contributed by atoms with van der Waals surface area (Å²) in [6.45, 7) is 4.35. The van der Waals surface area contributed by atoms with Gasteiger partial charge in [0.1, 0.15) is 5.75 Å². The second-order valence-electron chi connectivity index (χ2n) is 5.90. The van der Waals surface area contributed by atoms with E-state index in [1.807, 2.05) is 0 Å². The predicted molar refractivity (Wildman–Crippen MR) is 102 cm³/mol. The lowest BCUT2D eigenvalue weighted by atomic mass is 10.1. The molecular weight excluding hydrogens is 370 g/mol. The number of benzene rings is 2. The number of ketones is 1. The van der Waals surface area contributed by atoms with E-state index in [-0.39, 0.29) is 12.4 Å². The number of Topliss-reactive ketones (excluding diaryl/α,β-unsaturated/α-hetero) is 1. The third-order valence-electron chi connectivity index (χ3n) is 3.82. The molecule has 0 aliphatic rings. The average molecular weight is 390 g/mol. The van der Waals surface area contributed by atoms with E-state index in [0.717, 1.165) is 5.56 Å². The molecule has 1 atom stereocenters. The molecule has 142 valence electrons. The van der Waals surface area contributed by atoms with Crippen molar-refractivity contribution in [2.24, 2.45) is 0 Å². The average Bonchev–Trinajstić information content (AvgIpc) is 2.64. The molecule has 2 aromatic carbocycles. The molecule has 1 amide bonds. The molecule has 6 nitrogen and oxygen atoms in total. The minimum atomic E-state index is -1.00. The van der Waals surface area contributed by atoms with Crippen molar-refractivity contribution in [1.82, 2.24) is 0 Å². The van der Waals surface area contributed by atoms with Crippen molar-refractivity contribution < 1.29 is 23.9 Å². The number of halogens is 1. The normalized spacial score (nSPS) is 11.4. The molecule has 0 unspecified atom stereocenters. The van der Waals surface area contributed by atoms with E-state index >= 15 is 0 Å². The molecule has 0 heterocycles. The number of amides is 1. The molecule has 2 aromatic rings. The van der Waals surface area contributed by atoms with E-state index in [9.17, 15) is 14.4 Å². The van der Waals surface area contributed by atoms with Crippen molar-refractivity contribution in [2.75, 3.05) is 11.9 Å². The smallest absolute Gasteiger partial charge is 0.344 e. The second kappa shape index (κ2) is 9.19. The van der Waals surface area contributed by atoms with Crippen molar-refractivity contribution in [3.63, 3.8) is 0 Å². The number of hydrogen-bond acceptors (Lipinski definition) is 5. The van der Waals surface area contributed by atoms with Gasteiger partial charge in [-0.15, -0.1) is 0 Å². The van der Waals surface area contributed by atoms with Crippen LogP contribution >= 0.6 is 11.6 Å². The first-order chi connectivity index (χ1) is 12.8. The molecular formula is C20H20ClNO5. The zero-order valence-corrected chi connectivity index (χ0v) is 16.0. The number of hydrogen-bond donors (Lipinski definition) is 1. The van der Waals surface area contributed by atoms with Crippen LogP contribution in [0.1, 0.15) is 29.8 Å². The Labute approximate surface area is 162 Å². The van der Waals surface area contributed by atoms with Gasteiger partial charge in [-0.25, -0.2) is 4.79 Å². The Bertz CT molecular complexity index is 848. The lowest BCUT2D eigenvalue weighted by Crippen LogP contribution is -2.31. The van der Waals surface area contributed by atoms with Gasteiger partial charge in [-0.2, -0.15) is 0 Å². The highest BCUT2D eigenvalue weighted by atomic mass is 35.5. The van der Waals surface area contributed by atoms with Crippen molar-refractivity contribution in [1.29, 1.82) is 0 Å². The van der Waals surface area contributed by atoms with Gasteiger partial charge in [0.15, 0.2) is 18.5 Å². The molecule has 7 heteroatoms. The van der Waals surface area contributed by atoms with Gasteiger partial charge in [-0.1, -0.05) is 17.7 Å². The number of carbonyl (C=O) groups excluding carboxylic acids is 3. The molecule has 0 radical (unpaired) electrons. The van der Waals surface area contributed by atoms with Crippen LogP contribution in [0.15, 0.2) is 42.5 Å². The van der Waals surface area contributed by atoms with Crippen molar-refractivity contribution in [2.45, 2.75) is 26.9 Å². The summed E-state index contributed by atoms with van der Waals surface area (Å²) in [5.41, 5.74) is 1.83. The maximum atomic E-state index is 12.2. The first kappa shape index (κ1) is 20.5. The summed E-state index contributed by atoms with van der Waals surface area (Å²) < 4.78 is 10.4. The summed E-state index contributed by atoms with van der Waals surface area (Å²) >= 11 is 6.02. The van der Waals surface area contributed by atoms with Gasteiger partial charge in [-0.3, -0.25) is 9.59 Å². The maximum absolute atomic E-state index is 12.2. The van der Waals surface area contributed by atoms with Crippen molar-refractivity contribution in [3.05, 3.63) is 58.6 Å². The Hall–Kier alpha value is -2.86. The van der Waals surface area contributed by atoms with Crippen LogP contribution in [0.2, 0.25) is 5.02 Å². The van der Waals surface area contributed by atoms with E-state index in [0.29, 0.717) is 22.0 Å². The zero-order chi connectivity index (χ0) is 20.0. The Morgan fingerprint density at radius 2 is 1.78 bits per heavy atom. The standard InChI is InChI=1S/C20H20ClNO5/c1-12-17(21)5-4-6-18(12)22-20(25)14(3)27-19(24)11-26-16-9-7-15(8-10-16)13(2)23/h4-10,14H,11H2,1-3H3,(H,22,25)/t14-/m1/s1. The lowest BCUT2D eigenvalue weighted by molar-refractivity contribution is -0.155. The highest BCUT2D eigenvalue weighted by Gasteiger charge is 2.19. The van der Waals surface area contributed by atoms with Gasteiger partial charge < -0.3 is 14.8 Å². The van der Waals surface area contributed by atoms with Gasteiger partial charge in [-0.05, 0) is 62.7 Å².